The third kappa shape index (κ3) is 2.00. The number of hydrogen-bond acceptors (Lipinski definition) is 4. The second kappa shape index (κ2) is 4.57. The molecular formula is C13H9ClN4O2. The molecule has 0 spiro atoms. The van der Waals surface area contributed by atoms with E-state index in [1.165, 1.54) is 10.7 Å². The van der Waals surface area contributed by atoms with E-state index in [2.05, 4.69) is 15.1 Å². The molecule has 3 aromatic rings. The Kier molecular flexibility index (Phi) is 2.87. The summed E-state index contributed by atoms with van der Waals surface area (Å²) in [7, 11) is 0. The van der Waals surface area contributed by atoms with Crippen LogP contribution in [-0.2, 0) is 0 Å². The number of aromatic nitrogens is 4. The molecule has 0 radical (unpaired) electrons. The average molecular weight is 289 g/mol. The Morgan fingerprint density at radius 2 is 2.10 bits per heavy atom. The first-order chi connectivity index (χ1) is 9.56. The first kappa shape index (κ1) is 12.6. The minimum atomic E-state index is -1.07. The second-order valence-corrected chi connectivity index (χ2v) is 4.61. The number of aryl methyl sites for hydroxylation is 1. The molecule has 3 rings (SSSR count). The van der Waals surface area contributed by atoms with Crippen LogP contribution in [0.1, 0.15) is 16.1 Å². The number of nitrogens with zero attached hydrogens (tertiary/aromatic N) is 4. The molecule has 0 saturated carbocycles. The number of rotatable bonds is 2. The SMILES string of the molecule is Cc1cc(-c2cccc(Cl)n2)nc2c(C(=O)O)cnn12. The molecule has 0 saturated heterocycles. The Hall–Kier alpha value is -2.47. The maximum atomic E-state index is 11.2. The maximum absolute atomic E-state index is 11.2. The van der Waals surface area contributed by atoms with E-state index in [-0.39, 0.29) is 11.2 Å². The molecular weight excluding hydrogens is 280 g/mol. The number of carboxylic acids is 1. The van der Waals surface area contributed by atoms with Crippen molar-refractivity contribution in [3.05, 3.63) is 46.9 Å². The van der Waals surface area contributed by atoms with Crippen molar-refractivity contribution in [1.82, 2.24) is 19.6 Å². The summed E-state index contributed by atoms with van der Waals surface area (Å²) in [6.45, 7) is 1.82. The fourth-order valence-corrected chi connectivity index (χ4v) is 2.11. The second-order valence-electron chi connectivity index (χ2n) is 4.23. The largest absolute Gasteiger partial charge is 0.477 e. The normalized spacial score (nSPS) is 10.9. The summed E-state index contributed by atoms with van der Waals surface area (Å²) < 4.78 is 1.48. The number of pyridine rings is 1. The Morgan fingerprint density at radius 3 is 2.80 bits per heavy atom. The molecule has 1 N–H and O–H groups in total. The molecule has 0 fully saturated rings. The number of aromatic carboxylic acids is 1. The van der Waals surface area contributed by atoms with Crippen LogP contribution in [0.5, 0.6) is 0 Å². The molecule has 3 heterocycles. The smallest absolute Gasteiger partial charge is 0.341 e. The number of carboxylic acid groups (broad SMARTS) is 1. The van der Waals surface area contributed by atoms with Crippen LogP contribution in [0.4, 0.5) is 0 Å². The molecule has 6 nitrogen and oxygen atoms in total. The Morgan fingerprint density at radius 1 is 1.30 bits per heavy atom. The lowest BCUT2D eigenvalue weighted by molar-refractivity contribution is 0.0699. The molecule has 20 heavy (non-hydrogen) atoms. The number of carbonyl (C=O) groups is 1. The van der Waals surface area contributed by atoms with Gasteiger partial charge >= 0.3 is 5.97 Å². The standard InChI is InChI=1S/C13H9ClN4O2/c1-7-5-10(9-3-2-4-11(14)16-9)17-12-8(13(19)20)6-15-18(7)12/h2-6H,1H3,(H,19,20). The monoisotopic (exact) mass is 288 g/mol. The topological polar surface area (TPSA) is 80.4 Å². The van der Waals surface area contributed by atoms with E-state index in [9.17, 15) is 4.79 Å². The minimum Gasteiger partial charge on any atom is -0.477 e. The highest BCUT2D eigenvalue weighted by Crippen LogP contribution is 2.20. The van der Waals surface area contributed by atoms with Gasteiger partial charge in [0.1, 0.15) is 10.7 Å². The van der Waals surface area contributed by atoms with Crippen LogP contribution in [0.25, 0.3) is 17.0 Å². The van der Waals surface area contributed by atoms with Gasteiger partial charge < -0.3 is 5.11 Å². The van der Waals surface area contributed by atoms with Crippen molar-refractivity contribution in [1.29, 1.82) is 0 Å². The lowest BCUT2D eigenvalue weighted by Gasteiger charge is -2.05. The highest BCUT2D eigenvalue weighted by molar-refractivity contribution is 6.29. The van der Waals surface area contributed by atoms with Crippen LogP contribution < -0.4 is 0 Å². The maximum Gasteiger partial charge on any atom is 0.341 e. The van der Waals surface area contributed by atoms with E-state index in [0.717, 1.165) is 5.69 Å². The molecule has 0 bridgehead atoms. The van der Waals surface area contributed by atoms with Gasteiger partial charge in [0.15, 0.2) is 5.65 Å². The minimum absolute atomic E-state index is 0.0528. The molecule has 0 aromatic carbocycles. The van der Waals surface area contributed by atoms with Crippen LogP contribution in [0.2, 0.25) is 5.15 Å². The summed E-state index contributed by atoms with van der Waals surface area (Å²) in [5, 5.41) is 13.5. The summed E-state index contributed by atoms with van der Waals surface area (Å²) in [5.74, 6) is -1.07. The van der Waals surface area contributed by atoms with Crippen LogP contribution >= 0.6 is 11.6 Å². The molecule has 0 amide bonds. The van der Waals surface area contributed by atoms with E-state index >= 15 is 0 Å². The zero-order chi connectivity index (χ0) is 14.3. The molecule has 0 aliphatic heterocycles. The van der Waals surface area contributed by atoms with Crippen LogP contribution in [-0.4, -0.2) is 30.7 Å². The number of fused-ring (bicyclic) bond motifs is 1. The predicted molar refractivity (Wildman–Crippen MR) is 72.9 cm³/mol. The molecule has 7 heteroatoms. The van der Waals surface area contributed by atoms with Gasteiger partial charge in [-0.2, -0.15) is 5.10 Å². The third-order valence-corrected chi connectivity index (χ3v) is 3.07. The van der Waals surface area contributed by atoms with E-state index in [1.54, 1.807) is 24.3 Å². The Bertz CT molecular complexity index is 828. The van der Waals surface area contributed by atoms with Crippen molar-refractivity contribution in [3.8, 4) is 11.4 Å². The summed E-state index contributed by atoms with van der Waals surface area (Å²) in [6.07, 6.45) is 1.28. The van der Waals surface area contributed by atoms with Gasteiger partial charge in [-0.1, -0.05) is 17.7 Å². The van der Waals surface area contributed by atoms with Crippen molar-refractivity contribution in [3.63, 3.8) is 0 Å². The van der Waals surface area contributed by atoms with Crippen molar-refractivity contribution in [2.24, 2.45) is 0 Å². The highest BCUT2D eigenvalue weighted by atomic mass is 35.5. The van der Waals surface area contributed by atoms with Gasteiger partial charge in [-0.25, -0.2) is 19.3 Å². The summed E-state index contributed by atoms with van der Waals surface area (Å²) >= 11 is 5.86. The lowest BCUT2D eigenvalue weighted by atomic mass is 10.2. The van der Waals surface area contributed by atoms with Gasteiger partial charge in [0.25, 0.3) is 0 Å². The van der Waals surface area contributed by atoms with E-state index in [0.29, 0.717) is 16.5 Å². The molecule has 0 atom stereocenters. The zero-order valence-corrected chi connectivity index (χ0v) is 11.2. The van der Waals surface area contributed by atoms with Gasteiger partial charge in [-0.3, -0.25) is 0 Å². The Balaban J connectivity index is 2.27. The fourth-order valence-electron chi connectivity index (χ4n) is 1.95. The molecule has 0 aliphatic rings. The fraction of sp³-hybridized carbons (Fsp3) is 0.0769. The van der Waals surface area contributed by atoms with Crippen molar-refractivity contribution in [2.45, 2.75) is 6.92 Å². The Labute approximate surface area is 118 Å². The van der Waals surface area contributed by atoms with Gasteiger partial charge in [0, 0.05) is 5.69 Å². The van der Waals surface area contributed by atoms with E-state index < -0.39 is 5.97 Å². The summed E-state index contributed by atoms with van der Waals surface area (Å²) in [4.78, 5) is 19.7. The first-order valence-electron chi connectivity index (χ1n) is 5.78. The number of halogens is 1. The number of hydrogen-bond donors (Lipinski definition) is 1. The van der Waals surface area contributed by atoms with Gasteiger partial charge in [0.05, 0.1) is 17.6 Å². The van der Waals surface area contributed by atoms with Crippen LogP contribution in [0.15, 0.2) is 30.5 Å². The van der Waals surface area contributed by atoms with Crippen molar-refractivity contribution >= 4 is 23.2 Å². The summed E-state index contributed by atoms with van der Waals surface area (Å²) in [6, 6.07) is 6.98. The zero-order valence-electron chi connectivity index (χ0n) is 10.4. The predicted octanol–water partition coefficient (Wildman–Crippen LogP) is 2.45. The summed E-state index contributed by atoms with van der Waals surface area (Å²) in [5.41, 5.74) is 2.24. The molecule has 0 aliphatic carbocycles. The average Bonchev–Trinajstić information content (AvgIpc) is 2.83. The quantitative estimate of drug-likeness (QED) is 0.733. The third-order valence-electron chi connectivity index (χ3n) is 2.86. The molecule has 100 valence electrons. The highest BCUT2D eigenvalue weighted by Gasteiger charge is 2.15. The van der Waals surface area contributed by atoms with E-state index in [1.807, 2.05) is 6.92 Å². The van der Waals surface area contributed by atoms with Gasteiger partial charge in [-0.15, -0.1) is 0 Å². The first-order valence-corrected chi connectivity index (χ1v) is 6.15. The van der Waals surface area contributed by atoms with Crippen molar-refractivity contribution < 1.29 is 9.90 Å². The van der Waals surface area contributed by atoms with Gasteiger partial charge in [0.2, 0.25) is 0 Å². The molecule has 0 unspecified atom stereocenters. The van der Waals surface area contributed by atoms with Crippen LogP contribution in [0, 0.1) is 6.92 Å². The molecule has 3 aromatic heterocycles. The van der Waals surface area contributed by atoms with Gasteiger partial charge in [-0.05, 0) is 25.1 Å². The van der Waals surface area contributed by atoms with Crippen LogP contribution in [0.3, 0.4) is 0 Å². The van der Waals surface area contributed by atoms with E-state index in [4.69, 9.17) is 16.7 Å². The van der Waals surface area contributed by atoms with Crippen molar-refractivity contribution in [2.75, 3.05) is 0 Å². The lowest BCUT2D eigenvalue weighted by Crippen LogP contribution is -2.02.